The summed E-state index contributed by atoms with van der Waals surface area (Å²) in [7, 11) is 0. The van der Waals surface area contributed by atoms with Gasteiger partial charge in [0.1, 0.15) is 23.5 Å². The van der Waals surface area contributed by atoms with Gasteiger partial charge in [0.05, 0.1) is 0 Å². The van der Waals surface area contributed by atoms with Gasteiger partial charge in [-0.15, -0.1) is 0 Å². The largest absolute Gasteiger partial charge is 0.325 e. The number of nitrogens with zero attached hydrogens (tertiary/aromatic N) is 4. The maximum Gasteiger partial charge on any atom is 0.273 e. The molecular formula is C48H40Cl2N6O4. The molecule has 2 saturated heterocycles. The normalized spacial score (nSPS) is 16.2. The molecule has 4 aromatic carbocycles. The molecule has 10 nitrogen and oxygen atoms in total. The van der Waals surface area contributed by atoms with Crippen LogP contribution in [0.2, 0.25) is 10.0 Å². The van der Waals surface area contributed by atoms with Crippen LogP contribution < -0.4 is 10.6 Å². The van der Waals surface area contributed by atoms with Crippen molar-refractivity contribution >= 4 is 70.4 Å². The van der Waals surface area contributed by atoms with Crippen molar-refractivity contribution in [1.29, 1.82) is 0 Å². The Labute approximate surface area is 357 Å². The second-order valence-electron chi connectivity index (χ2n) is 14.7. The number of likely N-dealkylation sites (tertiary alicyclic amines) is 2. The molecule has 300 valence electrons. The van der Waals surface area contributed by atoms with Gasteiger partial charge in [-0.3, -0.25) is 29.1 Å². The van der Waals surface area contributed by atoms with Crippen molar-refractivity contribution in [2.45, 2.75) is 37.8 Å². The van der Waals surface area contributed by atoms with E-state index in [2.05, 4.69) is 20.6 Å². The number of rotatable bonds is 10. The second kappa shape index (κ2) is 18.1. The van der Waals surface area contributed by atoms with Crippen molar-refractivity contribution < 1.29 is 19.2 Å². The summed E-state index contributed by atoms with van der Waals surface area (Å²) in [5.41, 5.74) is 6.70. The third-order valence-corrected chi connectivity index (χ3v) is 11.3. The highest BCUT2D eigenvalue weighted by Gasteiger charge is 2.37. The lowest BCUT2D eigenvalue weighted by Gasteiger charge is -2.24. The minimum atomic E-state index is -0.620. The Morgan fingerprint density at radius 3 is 1.30 bits per heavy atom. The number of amides is 4. The highest BCUT2D eigenvalue weighted by atomic mass is 35.5. The van der Waals surface area contributed by atoms with Gasteiger partial charge in [-0.2, -0.15) is 0 Å². The minimum absolute atomic E-state index is 0.246. The number of hydrogen-bond donors (Lipinski definition) is 2. The first-order valence-corrected chi connectivity index (χ1v) is 20.5. The molecule has 4 heterocycles. The van der Waals surface area contributed by atoms with Crippen LogP contribution in [0.25, 0.3) is 34.4 Å². The summed E-state index contributed by atoms with van der Waals surface area (Å²) in [5.74, 6) is -1.06. The summed E-state index contributed by atoms with van der Waals surface area (Å²) >= 11 is 12.2. The van der Waals surface area contributed by atoms with Crippen LogP contribution in [-0.2, 0) is 9.59 Å². The van der Waals surface area contributed by atoms with Gasteiger partial charge in [0.15, 0.2) is 0 Å². The number of aromatic nitrogens is 2. The number of hydrogen-bond acceptors (Lipinski definition) is 6. The van der Waals surface area contributed by atoms with Gasteiger partial charge in [0.25, 0.3) is 11.8 Å². The molecule has 8 rings (SSSR count). The zero-order chi connectivity index (χ0) is 41.6. The van der Waals surface area contributed by atoms with E-state index in [9.17, 15) is 19.2 Å². The average Bonchev–Trinajstić information content (AvgIpc) is 3.99. The molecule has 4 amide bonds. The van der Waals surface area contributed by atoms with Crippen LogP contribution in [0.5, 0.6) is 0 Å². The summed E-state index contributed by atoms with van der Waals surface area (Å²) < 4.78 is 0. The topological polar surface area (TPSA) is 125 Å². The SMILES string of the molecule is O=C(Nc1ccc(/C=C/c2ccc(NC(=O)[C@@H]3CCCN3C(=O)c3ncccc3-c3ccc(Cl)cc3)cc2)cc1)[C@@H]1CCCN1C(=O)c1ncccc1-c1ccc(Cl)cc1. The van der Waals surface area contributed by atoms with Gasteiger partial charge in [-0.05, 0) is 109 Å². The molecule has 2 aromatic heterocycles. The maximum absolute atomic E-state index is 13.8. The van der Waals surface area contributed by atoms with E-state index in [1.807, 2.05) is 97.1 Å². The lowest BCUT2D eigenvalue weighted by Crippen LogP contribution is -2.43. The van der Waals surface area contributed by atoms with Crippen LogP contribution in [0, 0.1) is 0 Å². The summed E-state index contributed by atoms with van der Waals surface area (Å²) in [6, 6.07) is 35.4. The van der Waals surface area contributed by atoms with Crippen molar-refractivity contribution in [1.82, 2.24) is 19.8 Å². The zero-order valence-electron chi connectivity index (χ0n) is 32.4. The molecule has 6 aromatic rings. The number of halogens is 2. The van der Waals surface area contributed by atoms with Crippen LogP contribution in [0.4, 0.5) is 11.4 Å². The van der Waals surface area contributed by atoms with Crippen molar-refractivity contribution in [3.8, 4) is 22.3 Å². The molecule has 0 unspecified atom stereocenters. The summed E-state index contributed by atoms with van der Waals surface area (Å²) in [6.45, 7) is 0.926. The van der Waals surface area contributed by atoms with E-state index in [-0.39, 0.29) is 23.6 Å². The van der Waals surface area contributed by atoms with Crippen molar-refractivity contribution in [2.24, 2.45) is 0 Å². The molecule has 12 heteroatoms. The Balaban J connectivity index is 0.856. The Hall–Kier alpha value is -6.62. The lowest BCUT2D eigenvalue weighted by atomic mass is 10.0. The molecule has 0 spiro atoms. The van der Waals surface area contributed by atoms with Gasteiger partial charge in [-0.1, -0.05) is 96.0 Å². The fourth-order valence-corrected chi connectivity index (χ4v) is 7.96. The van der Waals surface area contributed by atoms with E-state index >= 15 is 0 Å². The van der Waals surface area contributed by atoms with E-state index in [1.54, 1.807) is 58.6 Å². The Kier molecular flexibility index (Phi) is 12.1. The van der Waals surface area contributed by atoms with E-state index in [4.69, 9.17) is 23.2 Å². The molecule has 60 heavy (non-hydrogen) atoms. The first-order chi connectivity index (χ1) is 29.2. The maximum atomic E-state index is 13.8. The number of carbonyl (C=O) groups is 4. The fourth-order valence-electron chi connectivity index (χ4n) is 7.71. The number of pyridine rings is 2. The Bertz CT molecular complexity index is 2380. The monoisotopic (exact) mass is 834 g/mol. The van der Waals surface area contributed by atoms with Gasteiger partial charge in [0, 0.05) is 58.0 Å². The van der Waals surface area contributed by atoms with Gasteiger partial charge in [0.2, 0.25) is 11.8 Å². The van der Waals surface area contributed by atoms with Crippen LogP contribution >= 0.6 is 23.2 Å². The van der Waals surface area contributed by atoms with Crippen molar-refractivity contribution in [3.63, 3.8) is 0 Å². The zero-order valence-corrected chi connectivity index (χ0v) is 33.9. The van der Waals surface area contributed by atoms with E-state index < -0.39 is 12.1 Å². The summed E-state index contributed by atoms with van der Waals surface area (Å²) in [5, 5.41) is 7.17. The van der Waals surface area contributed by atoms with Crippen LogP contribution in [0.15, 0.2) is 134 Å². The predicted octanol–water partition coefficient (Wildman–Crippen LogP) is 9.77. The minimum Gasteiger partial charge on any atom is -0.325 e. The van der Waals surface area contributed by atoms with Gasteiger partial charge in [-0.25, -0.2) is 0 Å². The number of carbonyl (C=O) groups excluding carboxylic acids is 4. The van der Waals surface area contributed by atoms with Crippen LogP contribution in [0.3, 0.4) is 0 Å². The number of nitrogens with one attached hydrogen (secondary N) is 2. The number of benzene rings is 4. The molecule has 2 N–H and O–H groups in total. The second-order valence-corrected chi connectivity index (χ2v) is 15.6. The molecule has 0 bridgehead atoms. The highest BCUT2D eigenvalue weighted by molar-refractivity contribution is 6.31. The molecule has 0 saturated carbocycles. The molecule has 0 radical (unpaired) electrons. The van der Waals surface area contributed by atoms with Crippen LogP contribution in [0.1, 0.15) is 57.8 Å². The third kappa shape index (κ3) is 9.00. The summed E-state index contributed by atoms with van der Waals surface area (Å²) in [4.78, 5) is 66.6. The first-order valence-electron chi connectivity index (χ1n) is 19.8. The van der Waals surface area contributed by atoms with E-state index in [1.165, 1.54) is 0 Å². The molecule has 2 atom stereocenters. The fraction of sp³-hybridized carbons (Fsp3) is 0.167. The molecule has 2 fully saturated rings. The van der Waals surface area contributed by atoms with Gasteiger partial charge >= 0.3 is 0 Å². The standard InChI is InChI=1S/C48H40Cl2N6O4/c49-35-19-15-33(16-20-35)39-5-1-27-51-43(39)47(59)55-29-3-7-41(55)45(57)53-37-23-11-31(12-24-37)9-10-32-13-25-38(26-14-32)54-46(58)42-8-4-30-56(42)48(60)44-40(6-2-28-52-44)34-17-21-36(50)22-18-34/h1-2,5-6,9-28,41-42H,3-4,7-8,29-30H2,(H,53,57)(H,54,58)/b10-9+/t41-,42-/m0/s1. The Morgan fingerprint density at radius 1 is 0.533 bits per heavy atom. The Morgan fingerprint density at radius 2 is 0.917 bits per heavy atom. The summed E-state index contributed by atoms with van der Waals surface area (Å²) in [6.07, 6.45) is 9.63. The third-order valence-electron chi connectivity index (χ3n) is 10.8. The number of anilines is 2. The lowest BCUT2D eigenvalue weighted by molar-refractivity contribution is -0.120. The predicted molar refractivity (Wildman–Crippen MR) is 237 cm³/mol. The van der Waals surface area contributed by atoms with Crippen molar-refractivity contribution in [3.05, 3.63) is 166 Å². The smallest absolute Gasteiger partial charge is 0.273 e. The highest BCUT2D eigenvalue weighted by Crippen LogP contribution is 2.30. The van der Waals surface area contributed by atoms with Crippen molar-refractivity contribution in [2.75, 3.05) is 23.7 Å². The van der Waals surface area contributed by atoms with Gasteiger partial charge < -0.3 is 20.4 Å². The average molecular weight is 836 g/mol. The van der Waals surface area contributed by atoms with E-state index in [0.29, 0.717) is 82.7 Å². The van der Waals surface area contributed by atoms with E-state index in [0.717, 1.165) is 22.3 Å². The van der Waals surface area contributed by atoms with Crippen LogP contribution in [-0.4, -0.2) is 68.6 Å². The molecule has 0 aliphatic carbocycles. The molecular weight excluding hydrogens is 795 g/mol. The molecule has 2 aliphatic rings. The quantitative estimate of drug-likeness (QED) is 0.133. The first kappa shape index (κ1) is 40.2. The molecule has 2 aliphatic heterocycles.